The van der Waals surface area contributed by atoms with Crippen molar-refractivity contribution < 1.29 is 14.7 Å². The number of rotatable bonds is 8. The number of aliphatic hydroxyl groups excluding tert-OH is 1. The lowest BCUT2D eigenvalue weighted by Crippen LogP contribution is -2.29. The summed E-state index contributed by atoms with van der Waals surface area (Å²) < 4.78 is 0. The molecule has 0 heterocycles. The number of anilines is 1. The fraction of sp³-hybridized carbons (Fsp3) is 0.263. The zero-order valence-electron chi connectivity index (χ0n) is 13.7. The Balaban J connectivity index is 2.13. The minimum Gasteiger partial charge on any atom is -0.396 e. The van der Waals surface area contributed by atoms with E-state index in [0.717, 1.165) is 5.56 Å². The van der Waals surface area contributed by atoms with Crippen molar-refractivity contribution in [1.82, 2.24) is 5.32 Å². The molecular weight excluding hydrogens is 304 g/mol. The number of aliphatic hydroxyl groups is 1. The Morgan fingerprint density at radius 2 is 1.83 bits per heavy atom. The molecule has 2 rings (SSSR count). The smallest absolute Gasteiger partial charge is 0.238 e. The Morgan fingerprint density at radius 3 is 2.54 bits per heavy atom. The normalized spacial score (nSPS) is 10.4. The lowest BCUT2D eigenvalue weighted by atomic mass is 9.99. The van der Waals surface area contributed by atoms with Crippen molar-refractivity contribution in [3.05, 3.63) is 65.2 Å². The molecule has 0 spiro atoms. The summed E-state index contributed by atoms with van der Waals surface area (Å²) in [5.74, 6) is -0.346. The largest absolute Gasteiger partial charge is 0.396 e. The van der Waals surface area contributed by atoms with Crippen LogP contribution in [0.1, 0.15) is 27.9 Å². The molecule has 0 aliphatic heterocycles. The highest BCUT2D eigenvalue weighted by Gasteiger charge is 2.15. The molecule has 5 heteroatoms. The first-order chi connectivity index (χ1) is 11.6. The van der Waals surface area contributed by atoms with Crippen molar-refractivity contribution in [3.8, 4) is 0 Å². The number of hydrogen-bond donors (Lipinski definition) is 3. The van der Waals surface area contributed by atoms with Gasteiger partial charge in [0.05, 0.1) is 12.2 Å². The van der Waals surface area contributed by atoms with Gasteiger partial charge in [0.1, 0.15) is 0 Å². The molecule has 3 N–H and O–H groups in total. The van der Waals surface area contributed by atoms with E-state index in [1.54, 1.807) is 24.3 Å². The highest BCUT2D eigenvalue weighted by atomic mass is 16.3. The van der Waals surface area contributed by atoms with Crippen molar-refractivity contribution in [1.29, 1.82) is 0 Å². The first-order valence-electron chi connectivity index (χ1n) is 7.93. The number of carbonyl (C=O) groups is 2. The van der Waals surface area contributed by atoms with Gasteiger partial charge < -0.3 is 15.7 Å². The van der Waals surface area contributed by atoms with Gasteiger partial charge in [-0.05, 0) is 32.0 Å². The van der Waals surface area contributed by atoms with Crippen LogP contribution in [0.2, 0.25) is 0 Å². The number of carbonyl (C=O) groups excluding carboxylic acids is 2. The maximum atomic E-state index is 12.7. The second-order valence-electron chi connectivity index (χ2n) is 5.55. The first-order valence-corrected chi connectivity index (χ1v) is 7.93. The standard InChI is InChI=1S/C19H22N2O3/c1-14-8-9-17(21-18(23)13-20-10-5-11-22)16(12-14)19(24)15-6-3-2-4-7-15/h2-4,6-9,12,20,22H,5,10-11,13H2,1H3,(H,21,23). The molecule has 0 aliphatic rings. The van der Waals surface area contributed by atoms with Crippen LogP contribution in [-0.2, 0) is 4.79 Å². The van der Waals surface area contributed by atoms with E-state index >= 15 is 0 Å². The third-order valence-electron chi connectivity index (χ3n) is 3.53. The zero-order valence-corrected chi connectivity index (χ0v) is 13.7. The molecule has 0 fully saturated rings. The van der Waals surface area contributed by atoms with E-state index in [4.69, 9.17) is 5.11 Å². The maximum absolute atomic E-state index is 12.7. The molecule has 0 saturated carbocycles. The van der Waals surface area contributed by atoms with Crippen molar-refractivity contribution in [2.45, 2.75) is 13.3 Å². The maximum Gasteiger partial charge on any atom is 0.238 e. The van der Waals surface area contributed by atoms with Crippen molar-refractivity contribution in [2.24, 2.45) is 0 Å². The topological polar surface area (TPSA) is 78.4 Å². The third kappa shape index (κ3) is 5.01. The molecule has 2 aromatic carbocycles. The second-order valence-corrected chi connectivity index (χ2v) is 5.55. The molecule has 1 amide bonds. The summed E-state index contributed by atoms with van der Waals surface area (Å²) >= 11 is 0. The summed E-state index contributed by atoms with van der Waals surface area (Å²) in [7, 11) is 0. The molecule has 126 valence electrons. The lowest BCUT2D eigenvalue weighted by molar-refractivity contribution is -0.115. The van der Waals surface area contributed by atoms with E-state index < -0.39 is 0 Å². The van der Waals surface area contributed by atoms with Crippen LogP contribution in [0.5, 0.6) is 0 Å². The summed E-state index contributed by atoms with van der Waals surface area (Å²) in [6.07, 6.45) is 0.593. The Bertz CT molecular complexity index is 699. The van der Waals surface area contributed by atoms with Gasteiger partial charge in [-0.25, -0.2) is 0 Å². The van der Waals surface area contributed by atoms with Crippen LogP contribution in [0.4, 0.5) is 5.69 Å². The number of hydrogen-bond acceptors (Lipinski definition) is 4. The van der Waals surface area contributed by atoms with Gasteiger partial charge in [-0.3, -0.25) is 9.59 Å². The molecule has 0 aromatic heterocycles. The SMILES string of the molecule is Cc1ccc(NC(=O)CNCCCO)c(C(=O)c2ccccc2)c1. The Kier molecular flexibility index (Phi) is 6.66. The van der Waals surface area contributed by atoms with Gasteiger partial charge in [0, 0.05) is 17.7 Å². The molecular formula is C19H22N2O3. The minimum absolute atomic E-state index is 0.0856. The van der Waals surface area contributed by atoms with Crippen LogP contribution >= 0.6 is 0 Å². The van der Waals surface area contributed by atoms with Gasteiger partial charge in [0.2, 0.25) is 5.91 Å². The average molecular weight is 326 g/mol. The fourth-order valence-corrected chi connectivity index (χ4v) is 2.30. The molecule has 0 unspecified atom stereocenters. The third-order valence-corrected chi connectivity index (χ3v) is 3.53. The molecule has 5 nitrogen and oxygen atoms in total. The van der Waals surface area contributed by atoms with Crippen LogP contribution < -0.4 is 10.6 Å². The van der Waals surface area contributed by atoms with Gasteiger partial charge in [-0.15, -0.1) is 0 Å². The van der Waals surface area contributed by atoms with Crippen LogP contribution in [0.3, 0.4) is 0 Å². The Labute approximate surface area is 141 Å². The summed E-state index contributed by atoms with van der Waals surface area (Å²) in [6, 6.07) is 14.4. The number of aryl methyl sites for hydroxylation is 1. The monoisotopic (exact) mass is 326 g/mol. The fourth-order valence-electron chi connectivity index (χ4n) is 2.30. The highest BCUT2D eigenvalue weighted by molar-refractivity contribution is 6.14. The lowest BCUT2D eigenvalue weighted by Gasteiger charge is -2.12. The number of nitrogens with one attached hydrogen (secondary N) is 2. The van der Waals surface area contributed by atoms with Crippen LogP contribution in [0, 0.1) is 6.92 Å². The second kappa shape index (κ2) is 8.96. The quantitative estimate of drug-likeness (QED) is 0.513. The molecule has 0 aliphatic carbocycles. The molecule has 24 heavy (non-hydrogen) atoms. The predicted molar refractivity (Wildman–Crippen MR) is 94.3 cm³/mol. The van der Waals surface area contributed by atoms with Gasteiger partial charge >= 0.3 is 0 Å². The first kappa shape index (κ1) is 17.8. The van der Waals surface area contributed by atoms with Crippen LogP contribution in [0.25, 0.3) is 0 Å². The predicted octanol–water partition coefficient (Wildman–Crippen LogP) is 2.14. The van der Waals surface area contributed by atoms with Gasteiger partial charge in [-0.2, -0.15) is 0 Å². The van der Waals surface area contributed by atoms with E-state index in [2.05, 4.69) is 10.6 Å². The van der Waals surface area contributed by atoms with E-state index in [1.807, 2.05) is 31.2 Å². The van der Waals surface area contributed by atoms with Crippen LogP contribution in [0.15, 0.2) is 48.5 Å². The molecule has 0 bridgehead atoms. The minimum atomic E-state index is -0.223. The van der Waals surface area contributed by atoms with Gasteiger partial charge in [-0.1, -0.05) is 42.0 Å². The van der Waals surface area contributed by atoms with E-state index in [-0.39, 0.29) is 24.8 Å². The Morgan fingerprint density at radius 1 is 1.08 bits per heavy atom. The van der Waals surface area contributed by atoms with Crippen LogP contribution in [-0.4, -0.2) is 36.5 Å². The average Bonchev–Trinajstić information content (AvgIpc) is 2.60. The van der Waals surface area contributed by atoms with Gasteiger partial charge in [0.25, 0.3) is 0 Å². The van der Waals surface area contributed by atoms with E-state index in [9.17, 15) is 9.59 Å². The number of benzene rings is 2. The van der Waals surface area contributed by atoms with Crippen molar-refractivity contribution in [2.75, 3.05) is 25.0 Å². The van der Waals surface area contributed by atoms with Gasteiger partial charge in [0.15, 0.2) is 5.78 Å². The van der Waals surface area contributed by atoms with E-state index in [0.29, 0.717) is 29.8 Å². The molecule has 0 radical (unpaired) electrons. The molecule has 2 aromatic rings. The number of ketones is 1. The summed E-state index contributed by atoms with van der Waals surface area (Å²) in [5.41, 5.74) is 2.52. The molecule has 0 saturated heterocycles. The molecule has 0 atom stereocenters. The Hall–Kier alpha value is -2.50. The summed E-state index contributed by atoms with van der Waals surface area (Å²) in [4.78, 5) is 24.7. The zero-order chi connectivity index (χ0) is 17.4. The van der Waals surface area contributed by atoms with Crippen molar-refractivity contribution in [3.63, 3.8) is 0 Å². The summed E-state index contributed by atoms with van der Waals surface area (Å²) in [6.45, 7) is 2.69. The van der Waals surface area contributed by atoms with Crippen molar-refractivity contribution >= 4 is 17.4 Å². The summed E-state index contributed by atoms with van der Waals surface area (Å²) in [5, 5.41) is 14.4. The highest BCUT2D eigenvalue weighted by Crippen LogP contribution is 2.21. The van der Waals surface area contributed by atoms with E-state index in [1.165, 1.54) is 0 Å². The number of amides is 1.